The minimum atomic E-state index is -4.42. The van der Waals surface area contributed by atoms with Crippen LogP contribution in [0.15, 0.2) is 24.3 Å². The van der Waals surface area contributed by atoms with Crippen LogP contribution in [-0.2, 0) is 9.53 Å². The lowest BCUT2D eigenvalue weighted by Crippen LogP contribution is -2.37. The quantitative estimate of drug-likeness (QED) is 0.848. The van der Waals surface area contributed by atoms with Crippen molar-refractivity contribution in [3.63, 3.8) is 0 Å². The van der Waals surface area contributed by atoms with Crippen LogP contribution in [0, 0.1) is 0 Å². The van der Waals surface area contributed by atoms with Crippen molar-refractivity contribution in [2.24, 2.45) is 0 Å². The van der Waals surface area contributed by atoms with Gasteiger partial charge in [-0.15, -0.1) is 0 Å². The number of halogens is 4. The Morgan fingerprint density at radius 2 is 2.05 bits per heavy atom. The van der Waals surface area contributed by atoms with Crippen LogP contribution in [0.2, 0.25) is 5.02 Å². The predicted octanol–water partition coefficient (Wildman–Crippen LogP) is 3.10. The smallest absolute Gasteiger partial charge is 0.401 e. The van der Waals surface area contributed by atoms with E-state index in [4.69, 9.17) is 16.3 Å². The van der Waals surface area contributed by atoms with Crippen molar-refractivity contribution in [1.82, 2.24) is 5.32 Å². The lowest BCUT2D eigenvalue weighted by atomic mass is 10.1. The number of esters is 1. The molecule has 0 bridgehead atoms. The molecule has 0 heterocycles. The van der Waals surface area contributed by atoms with Gasteiger partial charge in [-0.2, -0.15) is 13.2 Å². The molecular formula is C12H13ClF3NO2. The van der Waals surface area contributed by atoms with Gasteiger partial charge in [-0.25, -0.2) is 4.79 Å². The van der Waals surface area contributed by atoms with Gasteiger partial charge in [0.25, 0.3) is 0 Å². The topological polar surface area (TPSA) is 38.3 Å². The minimum absolute atomic E-state index is 0.0769. The van der Waals surface area contributed by atoms with E-state index in [0.29, 0.717) is 0 Å². The Hall–Kier alpha value is -1.27. The molecule has 0 aliphatic heterocycles. The van der Waals surface area contributed by atoms with E-state index in [2.05, 4.69) is 5.32 Å². The van der Waals surface area contributed by atoms with Gasteiger partial charge < -0.3 is 4.74 Å². The van der Waals surface area contributed by atoms with E-state index in [9.17, 15) is 18.0 Å². The third kappa shape index (κ3) is 5.08. The highest BCUT2D eigenvalue weighted by atomic mass is 35.5. The molecule has 1 unspecified atom stereocenters. The number of rotatable bonds is 5. The van der Waals surface area contributed by atoms with Crippen LogP contribution in [0.3, 0.4) is 0 Å². The van der Waals surface area contributed by atoms with Crippen LogP contribution in [0.5, 0.6) is 0 Å². The number of alkyl halides is 3. The highest BCUT2D eigenvalue weighted by molar-refractivity contribution is 6.31. The fourth-order valence-corrected chi connectivity index (χ4v) is 1.72. The fourth-order valence-electron chi connectivity index (χ4n) is 1.47. The number of carbonyl (C=O) groups excluding carboxylic acids is 1. The zero-order valence-corrected chi connectivity index (χ0v) is 10.9. The van der Waals surface area contributed by atoms with Gasteiger partial charge in [0.15, 0.2) is 0 Å². The van der Waals surface area contributed by atoms with Crippen molar-refractivity contribution in [1.29, 1.82) is 0 Å². The van der Waals surface area contributed by atoms with Gasteiger partial charge in [-0.1, -0.05) is 29.8 Å². The molecule has 3 nitrogen and oxygen atoms in total. The Bertz CT molecular complexity index is 437. The molecule has 1 aromatic rings. The molecule has 7 heteroatoms. The van der Waals surface area contributed by atoms with E-state index in [1.165, 1.54) is 12.1 Å². The SMILES string of the molecule is CCOC(=O)C(NCC(F)(F)F)c1ccccc1Cl. The highest BCUT2D eigenvalue weighted by Crippen LogP contribution is 2.25. The van der Waals surface area contributed by atoms with Crippen molar-refractivity contribution in [3.05, 3.63) is 34.9 Å². The van der Waals surface area contributed by atoms with Crippen LogP contribution in [0.4, 0.5) is 13.2 Å². The third-order valence-electron chi connectivity index (χ3n) is 2.25. The van der Waals surface area contributed by atoms with E-state index in [1.807, 2.05) is 0 Å². The summed E-state index contributed by atoms with van der Waals surface area (Å²) in [5, 5.41) is 2.32. The first-order chi connectivity index (χ1) is 8.85. The van der Waals surface area contributed by atoms with Crippen LogP contribution >= 0.6 is 11.6 Å². The molecule has 1 atom stereocenters. The molecule has 106 valence electrons. The average molecular weight is 296 g/mol. The van der Waals surface area contributed by atoms with Gasteiger partial charge in [-0.3, -0.25) is 5.32 Å². The van der Waals surface area contributed by atoms with Crippen molar-refractivity contribution < 1.29 is 22.7 Å². The summed E-state index contributed by atoms with van der Waals surface area (Å²) in [5.74, 6) is -0.792. The number of nitrogens with one attached hydrogen (secondary N) is 1. The Balaban J connectivity index is 2.93. The van der Waals surface area contributed by atoms with E-state index < -0.39 is 24.7 Å². The van der Waals surface area contributed by atoms with Crippen molar-refractivity contribution >= 4 is 17.6 Å². The first-order valence-electron chi connectivity index (χ1n) is 5.56. The second kappa shape index (κ2) is 6.77. The van der Waals surface area contributed by atoms with Gasteiger partial charge in [-0.05, 0) is 18.6 Å². The molecule has 0 aliphatic rings. The van der Waals surface area contributed by atoms with E-state index >= 15 is 0 Å². The van der Waals surface area contributed by atoms with Crippen LogP contribution in [0.25, 0.3) is 0 Å². The van der Waals surface area contributed by atoms with Crippen molar-refractivity contribution in [3.8, 4) is 0 Å². The summed E-state index contributed by atoms with van der Waals surface area (Å²) in [6.07, 6.45) is -4.42. The van der Waals surface area contributed by atoms with Crippen LogP contribution < -0.4 is 5.32 Å². The monoisotopic (exact) mass is 295 g/mol. The fraction of sp³-hybridized carbons (Fsp3) is 0.417. The minimum Gasteiger partial charge on any atom is -0.465 e. The molecule has 1 rings (SSSR count). The summed E-state index contributed by atoms with van der Waals surface area (Å²) in [6.45, 7) is 0.348. The Kier molecular flexibility index (Phi) is 5.62. The Labute approximate surface area is 113 Å². The molecule has 0 saturated carbocycles. The number of hydrogen-bond acceptors (Lipinski definition) is 3. The molecule has 0 saturated heterocycles. The molecular weight excluding hydrogens is 283 g/mol. The third-order valence-corrected chi connectivity index (χ3v) is 2.59. The first kappa shape index (κ1) is 15.8. The molecule has 1 aromatic carbocycles. The molecule has 0 aliphatic carbocycles. The molecule has 0 spiro atoms. The van der Waals surface area contributed by atoms with E-state index in [0.717, 1.165) is 0 Å². The molecule has 0 amide bonds. The second-order valence-electron chi connectivity index (χ2n) is 3.70. The summed E-state index contributed by atoms with van der Waals surface area (Å²) in [7, 11) is 0. The maximum atomic E-state index is 12.2. The summed E-state index contributed by atoms with van der Waals surface area (Å²) >= 11 is 5.88. The largest absolute Gasteiger partial charge is 0.465 e. The molecule has 0 radical (unpaired) electrons. The predicted molar refractivity (Wildman–Crippen MR) is 64.9 cm³/mol. The maximum Gasteiger partial charge on any atom is 0.401 e. The highest BCUT2D eigenvalue weighted by Gasteiger charge is 2.32. The Morgan fingerprint density at radius 3 is 2.58 bits per heavy atom. The number of benzene rings is 1. The molecule has 0 fully saturated rings. The van der Waals surface area contributed by atoms with Gasteiger partial charge >= 0.3 is 12.1 Å². The van der Waals surface area contributed by atoms with Gasteiger partial charge in [0.05, 0.1) is 13.2 Å². The zero-order valence-electron chi connectivity index (χ0n) is 10.1. The second-order valence-corrected chi connectivity index (χ2v) is 4.11. The number of carbonyl (C=O) groups is 1. The summed E-state index contributed by atoms with van der Waals surface area (Å²) in [6, 6.07) is 4.95. The van der Waals surface area contributed by atoms with Crippen LogP contribution in [0.1, 0.15) is 18.5 Å². The van der Waals surface area contributed by atoms with E-state index in [1.54, 1.807) is 19.1 Å². The normalized spacial score (nSPS) is 13.1. The molecule has 0 aromatic heterocycles. The Morgan fingerprint density at radius 1 is 1.42 bits per heavy atom. The van der Waals surface area contributed by atoms with Gasteiger partial charge in [0, 0.05) is 5.02 Å². The first-order valence-corrected chi connectivity index (χ1v) is 5.94. The maximum absolute atomic E-state index is 12.2. The zero-order chi connectivity index (χ0) is 14.5. The van der Waals surface area contributed by atoms with Crippen molar-refractivity contribution in [2.75, 3.05) is 13.2 Å². The van der Waals surface area contributed by atoms with E-state index in [-0.39, 0.29) is 17.2 Å². The molecule has 1 N–H and O–H groups in total. The van der Waals surface area contributed by atoms with Crippen molar-refractivity contribution in [2.45, 2.75) is 19.1 Å². The summed E-state index contributed by atoms with van der Waals surface area (Å²) in [5.41, 5.74) is 0.256. The number of ether oxygens (including phenoxy) is 1. The average Bonchev–Trinajstić information content (AvgIpc) is 2.30. The summed E-state index contributed by atoms with van der Waals surface area (Å²) in [4.78, 5) is 11.7. The van der Waals surface area contributed by atoms with Gasteiger partial charge in [0.1, 0.15) is 6.04 Å². The lowest BCUT2D eigenvalue weighted by Gasteiger charge is -2.19. The molecule has 19 heavy (non-hydrogen) atoms. The number of hydrogen-bond donors (Lipinski definition) is 1. The standard InChI is InChI=1S/C12H13ClF3NO2/c1-2-19-11(18)10(17-7-12(14,15)16)8-5-3-4-6-9(8)13/h3-6,10,17H,2,7H2,1H3. The summed E-state index contributed by atoms with van der Waals surface area (Å²) < 4.78 is 41.5. The van der Waals surface area contributed by atoms with Gasteiger partial charge in [0.2, 0.25) is 0 Å². The van der Waals surface area contributed by atoms with Crippen LogP contribution in [-0.4, -0.2) is 25.3 Å². The lowest BCUT2D eigenvalue weighted by molar-refractivity contribution is -0.149.